The highest BCUT2D eigenvalue weighted by Gasteiger charge is 2.19. The minimum Gasteiger partial charge on any atom is -0.380 e. The monoisotopic (exact) mass is 279 g/mol. The van der Waals surface area contributed by atoms with Crippen molar-refractivity contribution in [2.45, 2.75) is 11.5 Å². The first kappa shape index (κ1) is 13.6. The Hall–Kier alpha value is -1.83. The van der Waals surface area contributed by atoms with Crippen LogP contribution in [-0.2, 0) is 21.4 Å². The van der Waals surface area contributed by atoms with Crippen LogP contribution in [0, 0.1) is 0 Å². The van der Waals surface area contributed by atoms with E-state index in [1.54, 1.807) is 24.3 Å². The van der Waals surface area contributed by atoms with Crippen LogP contribution in [0.3, 0.4) is 0 Å². The van der Waals surface area contributed by atoms with Gasteiger partial charge in [-0.05, 0) is 23.8 Å². The molecule has 0 fully saturated rings. The highest BCUT2D eigenvalue weighted by molar-refractivity contribution is 7.89. The second kappa shape index (κ2) is 5.43. The molecule has 0 amide bonds. The van der Waals surface area contributed by atoms with Crippen molar-refractivity contribution in [3.05, 3.63) is 42.1 Å². The van der Waals surface area contributed by atoms with Crippen molar-refractivity contribution in [3.8, 4) is 11.3 Å². The first-order valence-electron chi connectivity index (χ1n) is 5.45. The molecule has 0 saturated carbocycles. The van der Waals surface area contributed by atoms with Gasteiger partial charge in [-0.15, -0.1) is 0 Å². The normalized spacial score (nSPS) is 11.5. The summed E-state index contributed by atoms with van der Waals surface area (Å²) in [5, 5.41) is 12.9. The largest absolute Gasteiger partial charge is 0.380 e. The van der Waals surface area contributed by atoms with Crippen LogP contribution in [0.4, 0.5) is 0 Å². The first-order chi connectivity index (χ1) is 9.04. The van der Waals surface area contributed by atoms with Gasteiger partial charge in [-0.1, -0.05) is 12.1 Å². The summed E-state index contributed by atoms with van der Waals surface area (Å²) in [6.07, 6.45) is 1.51. The van der Waals surface area contributed by atoms with Crippen LogP contribution in [0.2, 0.25) is 0 Å². The van der Waals surface area contributed by atoms with Crippen LogP contribution in [0.5, 0.6) is 0 Å². The summed E-state index contributed by atoms with van der Waals surface area (Å²) in [6, 6.07) is 8.18. The van der Waals surface area contributed by atoms with Gasteiger partial charge in [0.05, 0.1) is 17.2 Å². The van der Waals surface area contributed by atoms with Crippen molar-refractivity contribution in [2.75, 3.05) is 7.11 Å². The van der Waals surface area contributed by atoms with Crippen molar-refractivity contribution in [2.24, 2.45) is 5.14 Å². The summed E-state index contributed by atoms with van der Waals surface area (Å²) < 4.78 is 28.4. The zero-order chi connectivity index (χ0) is 13.9. The molecule has 1 aromatic heterocycles. The summed E-state index contributed by atoms with van der Waals surface area (Å²) in [6.45, 7) is 0.259. The van der Waals surface area contributed by atoms with Gasteiger partial charge < -0.3 is 4.74 Å². The van der Waals surface area contributed by atoms with E-state index in [4.69, 9.17) is 9.88 Å². The summed E-state index contributed by atoms with van der Waals surface area (Å²) >= 11 is 0. The molecule has 2 rings (SSSR count). The number of nitrogens with two attached hydrogens (primary N) is 1. The van der Waals surface area contributed by atoms with E-state index in [0.29, 0.717) is 16.8 Å². The fourth-order valence-electron chi connectivity index (χ4n) is 1.82. The molecule has 2 aromatic rings. The van der Waals surface area contributed by atoms with E-state index in [-0.39, 0.29) is 11.5 Å². The number of aromatic nitrogens is 2. The number of sulfonamides is 1. The predicted octanol–water partition coefficient (Wildman–Crippen LogP) is 0.937. The molecular weight excluding hydrogens is 266 g/mol. The summed E-state index contributed by atoms with van der Waals surface area (Å²) in [7, 11) is -2.31. The van der Waals surface area contributed by atoms with Crippen molar-refractivity contribution >= 4 is 10.0 Å². The van der Waals surface area contributed by atoms with Gasteiger partial charge in [0.2, 0.25) is 10.0 Å². The van der Waals surface area contributed by atoms with E-state index in [9.17, 15) is 8.42 Å². The van der Waals surface area contributed by atoms with Crippen LogP contribution in [0.25, 0.3) is 11.3 Å². The Labute approximate surface area is 111 Å². The predicted molar refractivity (Wildman–Crippen MR) is 69.6 cm³/mol. The molecule has 1 aromatic carbocycles. The average Bonchev–Trinajstić information content (AvgIpc) is 2.39. The Balaban J connectivity index is 2.74. The standard InChI is InChI=1S/C12H13N3O3S/c1-18-8-9-4-2-6-11(19(13,16)17)12(9)10-5-3-7-14-15-10/h2-7H,8H2,1H3,(H2,13,16,17). The summed E-state index contributed by atoms with van der Waals surface area (Å²) in [4.78, 5) is 0.0163. The molecule has 0 spiro atoms. The zero-order valence-electron chi connectivity index (χ0n) is 10.3. The van der Waals surface area contributed by atoms with Gasteiger partial charge in [0, 0.05) is 18.9 Å². The van der Waals surface area contributed by atoms with Crippen LogP contribution in [0.1, 0.15) is 5.56 Å². The minimum absolute atomic E-state index is 0.0163. The molecule has 0 bridgehead atoms. The molecule has 19 heavy (non-hydrogen) atoms. The second-order valence-corrected chi connectivity index (χ2v) is 5.41. The molecule has 0 unspecified atom stereocenters. The van der Waals surface area contributed by atoms with Gasteiger partial charge in [0.25, 0.3) is 0 Å². The van der Waals surface area contributed by atoms with E-state index in [2.05, 4.69) is 10.2 Å². The number of nitrogens with zero attached hydrogens (tertiary/aromatic N) is 2. The fourth-order valence-corrected chi connectivity index (χ4v) is 2.60. The van der Waals surface area contributed by atoms with Crippen LogP contribution in [0.15, 0.2) is 41.4 Å². The van der Waals surface area contributed by atoms with E-state index in [1.807, 2.05) is 0 Å². The maximum Gasteiger partial charge on any atom is 0.238 e. The SMILES string of the molecule is COCc1cccc(S(N)(=O)=O)c1-c1cccnn1. The Bertz CT molecular complexity index is 672. The topological polar surface area (TPSA) is 95.2 Å². The molecule has 6 nitrogen and oxygen atoms in total. The fraction of sp³-hybridized carbons (Fsp3) is 0.167. The van der Waals surface area contributed by atoms with Crippen LogP contribution in [-0.4, -0.2) is 25.7 Å². The van der Waals surface area contributed by atoms with E-state index >= 15 is 0 Å². The molecule has 0 saturated heterocycles. The number of hydrogen-bond donors (Lipinski definition) is 1. The quantitative estimate of drug-likeness (QED) is 0.898. The average molecular weight is 279 g/mol. The van der Waals surface area contributed by atoms with Gasteiger partial charge in [-0.3, -0.25) is 0 Å². The molecule has 2 N–H and O–H groups in total. The Morgan fingerprint density at radius 1 is 1.26 bits per heavy atom. The first-order valence-corrected chi connectivity index (χ1v) is 7.00. The van der Waals surface area contributed by atoms with Gasteiger partial charge >= 0.3 is 0 Å². The highest BCUT2D eigenvalue weighted by Crippen LogP contribution is 2.29. The minimum atomic E-state index is -3.85. The maximum absolute atomic E-state index is 11.7. The Kier molecular flexibility index (Phi) is 3.89. The number of primary sulfonamides is 1. The van der Waals surface area contributed by atoms with Crippen LogP contribution >= 0.6 is 0 Å². The number of methoxy groups -OCH3 is 1. The lowest BCUT2D eigenvalue weighted by Crippen LogP contribution is -2.14. The van der Waals surface area contributed by atoms with Crippen molar-refractivity contribution < 1.29 is 13.2 Å². The third-order valence-electron chi connectivity index (χ3n) is 2.55. The van der Waals surface area contributed by atoms with Gasteiger partial charge in [-0.2, -0.15) is 10.2 Å². The molecule has 0 radical (unpaired) electrons. The lowest BCUT2D eigenvalue weighted by molar-refractivity contribution is 0.185. The van der Waals surface area contributed by atoms with Crippen LogP contribution < -0.4 is 5.14 Å². The van der Waals surface area contributed by atoms with E-state index in [1.165, 1.54) is 19.4 Å². The lowest BCUT2D eigenvalue weighted by atomic mass is 10.0. The van der Waals surface area contributed by atoms with E-state index in [0.717, 1.165) is 0 Å². The second-order valence-electron chi connectivity index (χ2n) is 3.88. The third kappa shape index (κ3) is 2.95. The third-order valence-corrected chi connectivity index (χ3v) is 3.50. The molecule has 0 aliphatic heterocycles. The van der Waals surface area contributed by atoms with Crippen molar-refractivity contribution in [3.63, 3.8) is 0 Å². The number of benzene rings is 1. The number of ether oxygens (including phenoxy) is 1. The molecule has 100 valence electrons. The summed E-state index contributed by atoms with van der Waals surface area (Å²) in [5.41, 5.74) is 1.56. The van der Waals surface area contributed by atoms with Crippen molar-refractivity contribution in [1.29, 1.82) is 0 Å². The van der Waals surface area contributed by atoms with Gasteiger partial charge in [-0.25, -0.2) is 13.6 Å². The Morgan fingerprint density at radius 3 is 2.63 bits per heavy atom. The molecule has 0 atom stereocenters. The van der Waals surface area contributed by atoms with Gasteiger partial charge in [0.15, 0.2) is 0 Å². The number of rotatable bonds is 4. The summed E-state index contributed by atoms with van der Waals surface area (Å²) in [5.74, 6) is 0. The zero-order valence-corrected chi connectivity index (χ0v) is 11.1. The van der Waals surface area contributed by atoms with Gasteiger partial charge in [0.1, 0.15) is 0 Å². The molecule has 1 heterocycles. The molecule has 0 aliphatic rings. The Morgan fingerprint density at radius 2 is 2.05 bits per heavy atom. The molecule has 0 aliphatic carbocycles. The van der Waals surface area contributed by atoms with Crippen molar-refractivity contribution in [1.82, 2.24) is 10.2 Å². The lowest BCUT2D eigenvalue weighted by Gasteiger charge is -2.12. The van der Waals surface area contributed by atoms with E-state index < -0.39 is 10.0 Å². The molecular formula is C12H13N3O3S. The highest BCUT2D eigenvalue weighted by atomic mass is 32.2. The maximum atomic E-state index is 11.7. The smallest absolute Gasteiger partial charge is 0.238 e. The number of hydrogen-bond acceptors (Lipinski definition) is 5. The molecule has 7 heteroatoms.